The van der Waals surface area contributed by atoms with Gasteiger partial charge in [-0.3, -0.25) is 9.59 Å². The monoisotopic (exact) mass is 413 g/mol. The molecule has 2 amide bonds. The van der Waals surface area contributed by atoms with Crippen LogP contribution in [0.1, 0.15) is 0 Å². The van der Waals surface area contributed by atoms with Crippen molar-refractivity contribution in [3.05, 3.63) is 48.5 Å². The van der Waals surface area contributed by atoms with Gasteiger partial charge in [-0.25, -0.2) is 0 Å². The summed E-state index contributed by atoms with van der Waals surface area (Å²) in [7, 11) is 3.10. The first-order valence-electron chi connectivity index (χ1n) is 9.79. The molecule has 1 saturated heterocycles. The molecule has 2 aromatic carbocycles. The first-order valence-corrected chi connectivity index (χ1v) is 9.79. The number of carbonyl (C=O) groups excluding carboxylic acids is 2. The van der Waals surface area contributed by atoms with Gasteiger partial charge in [-0.1, -0.05) is 12.1 Å². The number of ether oxygens (including phenoxy) is 3. The highest BCUT2D eigenvalue weighted by Crippen LogP contribution is 2.25. The van der Waals surface area contributed by atoms with E-state index in [2.05, 4.69) is 10.2 Å². The van der Waals surface area contributed by atoms with Crippen molar-refractivity contribution in [2.75, 3.05) is 63.8 Å². The molecule has 3 rings (SSSR count). The summed E-state index contributed by atoms with van der Waals surface area (Å²) in [6, 6.07) is 14.7. The van der Waals surface area contributed by atoms with E-state index in [1.807, 2.05) is 30.3 Å². The highest BCUT2D eigenvalue weighted by molar-refractivity contribution is 5.94. The number of morpholine rings is 1. The van der Waals surface area contributed by atoms with Crippen molar-refractivity contribution in [1.29, 1.82) is 0 Å². The van der Waals surface area contributed by atoms with Crippen molar-refractivity contribution in [2.24, 2.45) is 0 Å². The number of rotatable bonds is 8. The van der Waals surface area contributed by atoms with Gasteiger partial charge in [0, 0.05) is 31.5 Å². The summed E-state index contributed by atoms with van der Waals surface area (Å²) >= 11 is 0. The van der Waals surface area contributed by atoms with Gasteiger partial charge in [0.25, 0.3) is 5.91 Å². The first kappa shape index (κ1) is 21.4. The van der Waals surface area contributed by atoms with E-state index >= 15 is 0 Å². The number of hydrogen-bond donors (Lipinski definition) is 1. The summed E-state index contributed by atoms with van der Waals surface area (Å²) in [5.41, 5.74) is 1.78. The second kappa shape index (κ2) is 10.5. The van der Waals surface area contributed by atoms with Crippen molar-refractivity contribution >= 4 is 23.2 Å². The molecule has 0 aliphatic carbocycles. The van der Waals surface area contributed by atoms with E-state index in [1.165, 1.54) is 12.0 Å². The molecule has 0 unspecified atom stereocenters. The fourth-order valence-electron chi connectivity index (χ4n) is 3.07. The van der Waals surface area contributed by atoms with Crippen LogP contribution in [-0.2, 0) is 14.3 Å². The lowest BCUT2D eigenvalue weighted by atomic mass is 10.2. The van der Waals surface area contributed by atoms with E-state index in [4.69, 9.17) is 14.2 Å². The van der Waals surface area contributed by atoms with Gasteiger partial charge in [0.2, 0.25) is 5.91 Å². The molecule has 8 nitrogen and oxygen atoms in total. The number of carbonyl (C=O) groups is 2. The predicted octanol–water partition coefficient (Wildman–Crippen LogP) is 2.01. The molecule has 1 aliphatic rings. The van der Waals surface area contributed by atoms with E-state index < -0.39 is 0 Å². The van der Waals surface area contributed by atoms with Crippen LogP contribution in [0.25, 0.3) is 0 Å². The Balaban J connectivity index is 1.46. The number of anilines is 2. The van der Waals surface area contributed by atoms with Crippen LogP contribution in [0, 0.1) is 0 Å². The third kappa shape index (κ3) is 5.87. The smallest absolute Gasteiger partial charge is 0.260 e. The summed E-state index contributed by atoms with van der Waals surface area (Å²) in [4.78, 5) is 28.1. The van der Waals surface area contributed by atoms with Crippen LogP contribution in [0.5, 0.6) is 11.5 Å². The summed E-state index contributed by atoms with van der Waals surface area (Å²) in [6.07, 6.45) is 0. The number of benzene rings is 2. The largest absolute Gasteiger partial charge is 0.493 e. The van der Waals surface area contributed by atoms with Gasteiger partial charge >= 0.3 is 0 Å². The Morgan fingerprint density at radius 2 is 1.73 bits per heavy atom. The Kier molecular flexibility index (Phi) is 7.51. The van der Waals surface area contributed by atoms with Crippen LogP contribution in [0.2, 0.25) is 0 Å². The maximum Gasteiger partial charge on any atom is 0.260 e. The molecule has 0 saturated carbocycles. The van der Waals surface area contributed by atoms with Gasteiger partial charge in [-0.15, -0.1) is 0 Å². The van der Waals surface area contributed by atoms with Gasteiger partial charge in [-0.2, -0.15) is 0 Å². The zero-order chi connectivity index (χ0) is 21.3. The highest BCUT2D eigenvalue weighted by Gasteiger charge is 2.15. The standard InChI is InChI=1S/C22H27N3O5/c1-24(22(27)16-30-20-6-4-3-5-19(20)28-2)15-21(26)23-17-7-9-18(10-8-17)25-11-13-29-14-12-25/h3-10H,11-16H2,1-2H3,(H,23,26). The Morgan fingerprint density at radius 3 is 2.40 bits per heavy atom. The number of nitrogens with zero attached hydrogens (tertiary/aromatic N) is 2. The molecule has 0 aromatic heterocycles. The molecule has 8 heteroatoms. The number of amides is 2. The normalized spacial score (nSPS) is 13.5. The lowest BCUT2D eigenvalue weighted by Crippen LogP contribution is -2.37. The molecule has 0 atom stereocenters. The first-order chi connectivity index (χ1) is 14.6. The topological polar surface area (TPSA) is 80.3 Å². The average Bonchev–Trinajstić information content (AvgIpc) is 2.78. The minimum atomic E-state index is -0.307. The van der Waals surface area contributed by atoms with Crippen molar-refractivity contribution in [3.8, 4) is 11.5 Å². The maximum atomic E-state index is 12.3. The van der Waals surface area contributed by atoms with E-state index in [0.717, 1.165) is 32.0 Å². The lowest BCUT2D eigenvalue weighted by Gasteiger charge is -2.28. The Morgan fingerprint density at radius 1 is 1.07 bits per heavy atom. The van der Waals surface area contributed by atoms with E-state index in [1.54, 1.807) is 25.2 Å². The van der Waals surface area contributed by atoms with Crippen molar-refractivity contribution in [3.63, 3.8) is 0 Å². The number of para-hydroxylation sites is 2. The molecular weight excluding hydrogens is 386 g/mol. The zero-order valence-corrected chi connectivity index (χ0v) is 17.3. The van der Waals surface area contributed by atoms with Crippen LogP contribution in [0.3, 0.4) is 0 Å². The molecule has 1 fully saturated rings. The van der Waals surface area contributed by atoms with Gasteiger partial charge in [0.15, 0.2) is 18.1 Å². The van der Waals surface area contributed by atoms with E-state index in [-0.39, 0.29) is 25.0 Å². The molecule has 0 radical (unpaired) electrons. The third-order valence-corrected chi connectivity index (χ3v) is 4.75. The molecule has 0 spiro atoms. The number of hydrogen-bond acceptors (Lipinski definition) is 6. The summed E-state index contributed by atoms with van der Waals surface area (Å²) in [6.45, 7) is 2.90. The SMILES string of the molecule is COc1ccccc1OCC(=O)N(C)CC(=O)Nc1ccc(N2CCOCC2)cc1. The molecule has 1 heterocycles. The summed E-state index contributed by atoms with van der Waals surface area (Å²) in [5.74, 6) is 0.443. The van der Waals surface area contributed by atoms with Crippen LogP contribution in [0.15, 0.2) is 48.5 Å². The average molecular weight is 413 g/mol. The molecular formula is C22H27N3O5. The number of methoxy groups -OCH3 is 1. The maximum absolute atomic E-state index is 12.3. The summed E-state index contributed by atoms with van der Waals surface area (Å²) in [5, 5.41) is 2.81. The molecule has 2 aromatic rings. The molecule has 1 aliphatic heterocycles. The second-order valence-corrected chi connectivity index (χ2v) is 6.88. The van der Waals surface area contributed by atoms with Gasteiger partial charge in [0.05, 0.1) is 26.9 Å². The predicted molar refractivity (Wildman–Crippen MR) is 114 cm³/mol. The zero-order valence-electron chi connectivity index (χ0n) is 17.3. The fraction of sp³-hybridized carbons (Fsp3) is 0.364. The summed E-state index contributed by atoms with van der Waals surface area (Å²) < 4.78 is 16.1. The van der Waals surface area contributed by atoms with Crippen LogP contribution in [-0.4, -0.2) is 70.3 Å². The molecule has 0 bridgehead atoms. The molecule has 30 heavy (non-hydrogen) atoms. The molecule has 160 valence electrons. The third-order valence-electron chi connectivity index (χ3n) is 4.75. The van der Waals surface area contributed by atoms with Gasteiger partial charge in [0.1, 0.15) is 0 Å². The van der Waals surface area contributed by atoms with Gasteiger partial charge < -0.3 is 29.3 Å². The van der Waals surface area contributed by atoms with Crippen molar-refractivity contribution < 1.29 is 23.8 Å². The minimum absolute atomic E-state index is 0.0701. The lowest BCUT2D eigenvalue weighted by molar-refractivity contribution is -0.135. The Labute approximate surface area is 176 Å². The second-order valence-electron chi connectivity index (χ2n) is 6.88. The van der Waals surface area contributed by atoms with Crippen molar-refractivity contribution in [2.45, 2.75) is 0 Å². The van der Waals surface area contributed by atoms with E-state index in [9.17, 15) is 9.59 Å². The highest BCUT2D eigenvalue weighted by atomic mass is 16.5. The van der Waals surface area contributed by atoms with Crippen LogP contribution < -0.4 is 19.7 Å². The van der Waals surface area contributed by atoms with Crippen LogP contribution >= 0.6 is 0 Å². The molecule has 1 N–H and O–H groups in total. The minimum Gasteiger partial charge on any atom is -0.493 e. The van der Waals surface area contributed by atoms with Gasteiger partial charge in [-0.05, 0) is 36.4 Å². The Hall–Kier alpha value is -3.26. The quantitative estimate of drug-likeness (QED) is 0.713. The Bertz CT molecular complexity index is 850. The number of nitrogens with one attached hydrogen (secondary N) is 1. The van der Waals surface area contributed by atoms with Crippen molar-refractivity contribution in [1.82, 2.24) is 4.90 Å². The van der Waals surface area contributed by atoms with Crippen LogP contribution in [0.4, 0.5) is 11.4 Å². The number of likely N-dealkylation sites (N-methyl/N-ethyl adjacent to an activating group) is 1. The fourth-order valence-corrected chi connectivity index (χ4v) is 3.07. The van der Waals surface area contributed by atoms with E-state index in [0.29, 0.717) is 17.2 Å².